The fourth-order valence-electron chi connectivity index (χ4n) is 5.83. The average molecular weight is 776 g/mol. The van der Waals surface area contributed by atoms with Gasteiger partial charge in [0.05, 0.1) is 52.6 Å². The predicted molar refractivity (Wildman–Crippen MR) is 179 cm³/mol. The van der Waals surface area contributed by atoms with Crippen LogP contribution in [-0.4, -0.2) is 77.1 Å². The Bertz CT molecular complexity index is 1960. The second kappa shape index (κ2) is 15.2. The van der Waals surface area contributed by atoms with Crippen LogP contribution >= 0.6 is 11.6 Å². The van der Waals surface area contributed by atoms with Crippen molar-refractivity contribution in [2.24, 2.45) is 0 Å². The van der Waals surface area contributed by atoms with Crippen molar-refractivity contribution in [3.63, 3.8) is 0 Å². The van der Waals surface area contributed by atoms with Gasteiger partial charge in [-0.25, -0.2) is 13.2 Å². The third-order valence-corrected chi connectivity index (χ3v) is 10.3. The van der Waals surface area contributed by atoms with Crippen LogP contribution in [0.15, 0.2) is 65.6 Å². The van der Waals surface area contributed by atoms with E-state index in [-0.39, 0.29) is 41.5 Å². The van der Waals surface area contributed by atoms with Crippen molar-refractivity contribution in [3.05, 3.63) is 87.9 Å². The van der Waals surface area contributed by atoms with Gasteiger partial charge in [-0.2, -0.15) is 26.3 Å². The fourth-order valence-corrected chi connectivity index (χ4v) is 7.62. The molecule has 3 aromatic carbocycles. The minimum absolute atomic E-state index is 0.0873. The molecule has 0 aromatic heterocycles. The summed E-state index contributed by atoms with van der Waals surface area (Å²) in [5.74, 6) is -0.737. The highest BCUT2D eigenvalue weighted by atomic mass is 35.5. The molecule has 2 heterocycles. The predicted octanol–water partition coefficient (Wildman–Crippen LogP) is 7.31. The van der Waals surface area contributed by atoms with Crippen LogP contribution in [0.4, 0.5) is 42.5 Å². The second-order valence-electron chi connectivity index (χ2n) is 12.1. The molecule has 0 N–H and O–H groups in total. The Morgan fingerprint density at radius 3 is 2.33 bits per heavy atom. The SMILES string of the molecule is CC(C)OC(=O)OCOC(=O)CN1CCN2c3ccc(/C=C/c4c(Cl)cccc4C(F)(F)F)cc3N(S(=O)(=O)c3cccc(C(F)(F)F)c3)C[C@@H]2C1. The highest BCUT2D eigenvalue weighted by molar-refractivity contribution is 7.92. The Morgan fingerprint density at radius 2 is 1.63 bits per heavy atom. The number of alkyl halides is 6. The first-order chi connectivity index (χ1) is 24.3. The number of carbonyl (C=O) groups excluding carboxylic acids is 2. The highest BCUT2D eigenvalue weighted by Gasteiger charge is 2.41. The molecule has 10 nitrogen and oxygen atoms in total. The summed E-state index contributed by atoms with van der Waals surface area (Å²) in [5.41, 5.74) is -1.68. The van der Waals surface area contributed by atoms with Crippen LogP contribution in [0.5, 0.6) is 0 Å². The second-order valence-corrected chi connectivity index (χ2v) is 14.4. The summed E-state index contributed by atoms with van der Waals surface area (Å²) in [6.45, 7) is 2.78. The van der Waals surface area contributed by atoms with Crippen molar-refractivity contribution in [2.75, 3.05) is 48.7 Å². The summed E-state index contributed by atoms with van der Waals surface area (Å²) in [4.78, 5) is 27.0. The summed E-state index contributed by atoms with van der Waals surface area (Å²) in [6, 6.07) is 10.6. The zero-order valence-electron chi connectivity index (χ0n) is 27.6. The van der Waals surface area contributed by atoms with Gasteiger partial charge in [0, 0.05) is 30.2 Å². The topological polar surface area (TPSA) is 106 Å². The van der Waals surface area contributed by atoms with Crippen molar-refractivity contribution in [3.8, 4) is 0 Å². The van der Waals surface area contributed by atoms with Gasteiger partial charge in [0.1, 0.15) is 0 Å². The zero-order valence-corrected chi connectivity index (χ0v) is 29.2. The highest BCUT2D eigenvalue weighted by Crippen LogP contribution is 2.42. The van der Waals surface area contributed by atoms with Crippen LogP contribution in [0, 0.1) is 0 Å². The molecule has 1 saturated heterocycles. The summed E-state index contributed by atoms with van der Waals surface area (Å²) in [6.07, 6.45) is -8.52. The van der Waals surface area contributed by atoms with Gasteiger partial charge in [0.2, 0.25) is 6.79 Å². The molecule has 0 bridgehead atoms. The van der Waals surface area contributed by atoms with Crippen LogP contribution < -0.4 is 9.21 Å². The van der Waals surface area contributed by atoms with Crippen molar-refractivity contribution in [2.45, 2.75) is 43.2 Å². The summed E-state index contributed by atoms with van der Waals surface area (Å²) >= 11 is 6.10. The van der Waals surface area contributed by atoms with Gasteiger partial charge in [-0.05, 0) is 61.9 Å². The molecule has 52 heavy (non-hydrogen) atoms. The maximum absolute atomic E-state index is 14.1. The normalized spacial score (nSPS) is 16.8. The molecule has 3 aromatic rings. The summed E-state index contributed by atoms with van der Waals surface area (Å²) < 4.78 is 126. The number of anilines is 2. The number of piperazine rings is 1. The van der Waals surface area contributed by atoms with Crippen LogP contribution in [0.3, 0.4) is 0 Å². The number of nitrogens with zero attached hydrogens (tertiary/aromatic N) is 3. The molecular formula is C34H32ClF6N3O7S. The number of ether oxygens (including phenoxy) is 3. The lowest BCUT2D eigenvalue weighted by atomic mass is 10.0. The van der Waals surface area contributed by atoms with Gasteiger partial charge in [-0.15, -0.1) is 0 Å². The van der Waals surface area contributed by atoms with E-state index in [0.717, 1.165) is 40.7 Å². The van der Waals surface area contributed by atoms with E-state index < -0.39 is 69.5 Å². The molecule has 1 fully saturated rings. The van der Waals surface area contributed by atoms with Gasteiger partial charge in [-0.3, -0.25) is 14.0 Å². The molecule has 0 amide bonds. The molecular weight excluding hydrogens is 744 g/mol. The van der Waals surface area contributed by atoms with Crippen LogP contribution in [0.2, 0.25) is 5.02 Å². The van der Waals surface area contributed by atoms with Gasteiger partial charge in [0.25, 0.3) is 10.0 Å². The number of fused-ring (bicyclic) bond motifs is 3. The van der Waals surface area contributed by atoms with Gasteiger partial charge in [-0.1, -0.05) is 42.0 Å². The molecule has 0 radical (unpaired) electrons. The molecule has 2 aliphatic heterocycles. The number of sulfonamides is 1. The quantitative estimate of drug-likeness (QED) is 0.0958. The third-order valence-electron chi connectivity index (χ3n) is 8.15. The lowest BCUT2D eigenvalue weighted by Gasteiger charge is -2.49. The van der Waals surface area contributed by atoms with Gasteiger partial charge < -0.3 is 19.1 Å². The van der Waals surface area contributed by atoms with Crippen LogP contribution in [-0.2, 0) is 41.4 Å². The average Bonchev–Trinajstić information content (AvgIpc) is 3.06. The van der Waals surface area contributed by atoms with Crippen LogP contribution in [0.1, 0.15) is 36.1 Å². The first-order valence-corrected chi connectivity index (χ1v) is 17.5. The van der Waals surface area contributed by atoms with E-state index in [0.29, 0.717) is 24.8 Å². The summed E-state index contributed by atoms with van der Waals surface area (Å²) in [7, 11) is -4.65. The van der Waals surface area contributed by atoms with Gasteiger partial charge in [0.15, 0.2) is 0 Å². The van der Waals surface area contributed by atoms with E-state index in [1.54, 1.807) is 30.9 Å². The number of benzene rings is 3. The monoisotopic (exact) mass is 775 g/mol. The van der Waals surface area contributed by atoms with Crippen molar-refractivity contribution < 1.29 is 58.6 Å². The molecule has 0 saturated carbocycles. The maximum atomic E-state index is 14.1. The Kier molecular flexibility index (Phi) is 11.4. The van der Waals surface area contributed by atoms with Crippen molar-refractivity contribution in [1.29, 1.82) is 0 Å². The Morgan fingerprint density at radius 1 is 0.904 bits per heavy atom. The Labute approximate surface area is 300 Å². The lowest BCUT2D eigenvalue weighted by molar-refractivity contribution is -0.155. The molecule has 0 aliphatic carbocycles. The van der Waals surface area contributed by atoms with Gasteiger partial charge >= 0.3 is 24.5 Å². The van der Waals surface area contributed by atoms with Crippen molar-refractivity contribution in [1.82, 2.24) is 4.90 Å². The first kappa shape index (κ1) is 38.7. The first-order valence-electron chi connectivity index (χ1n) is 15.7. The van der Waals surface area contributed by atoms with Crippen molar-refractivity contribution >= 4 is 57.3 Å². The van der Waals surface area contributed by atoms with Crippen LogP contribution in [0.25, 0.3) is 12.2 Å². The Balaban J connectivity index is 1.45. The molecule has 280 valence electrons. The number of hydrogen-bond acceptors (Lipinski definition) is 9. The van der Waals surface area contributed by atoms with E-state index in [1.165, 1.54) is 18.2 Å². The number of carbonyl (C=O) groups is 2. The molecule has 18 heteroatoms. The fraction of sp³-hybridized carbons (Fsp3) is 0.353. The third kappa shape index (κ3) is 8.93. The summed E-state index contributed by atoms with van der Waals surface area (Å²) in [5, 5.41) is -0.163. The number of halogens is 7. The molecule has 5 rings (SSSR count). The maximum Gasteiger partial charge on any atom is 0.511 e. The number of esters is 1. The molecule has 1 atom stereocenters. The molecule has 0 unspecified atom stereocenters. The zero-order chi connectivity index (χ0) is 38.0. The molecule has 2 aliphatic rings. The Hall–Kier alpha value is -4.48. The van der Waals surface area contributed by atoms with E-state index in [9.17, 15) is 44.3 Å². The van der Waals surface area contributed by atoms with E-state index in [1.807, 2.05) is 4.90 Å². The van der Waals surface area contributed by atoms with E-state index in [2.05, 4.69) is 0 Å². The lowest BCUT2D eigenvalue weighted by Crippen LogP contribution is -2.61. The number of hydrogen-bond donors (Lipinski definition) is 0. The minimum Gasteiger partial charge on any atom is -0.431 e. The smallest absolute Gasteiger partial charge is 0.431 e. The largest absolute Gasteiger partial charge is 0.511 e. The molecule has 0 spiro atoms. The van der Waals surface area contributed by atoms with E-state index in [4.69, 9.17) is 25.8 Å². The standard InChI is InChI=1S/C34H32ClF6N3O7S/c1-21(2)51-32(46)50-20-49-31(45)19-42-13-14-43-24(17-42)18-44(52(47,48)25-6-3-5-23(16-25)33(36,37)38)30-15-22(10-12-29(30)43)9-11-26-27(34(39,40)41)7-4-8-28(26)35/h3-12,15-16,21,24H,13-14,17-20H2,1-2H3/b11-9+/t24-/m0/s1. The number of rotatable bonds is 9. The van der Waals surface area contributed by atoms with E-state index >= 15 is 0 Å². The minimum atomic E-state index is -4.83.